The van der Waals surface area contributed by atoms with Gasteiger partial charge in [0.05, 0.1) is 15.5 Å². The molecule has 0 aliphatic heterocycles. The van der Waals surface area contributed by atoms with Crippen molar-refractivity contribution in [1.29, 1.82) is 5.26 Å². The van der Waals surface area contributed by atoms with Crippen LogP contribution in [0, 0.1) is 11.3 Å². The van der Waals surface area contributed by atoms with Crippen LogP contribution in [0.25, 0.3) is 0 Å². The molecule has 0 bridgehead atoms. The van der Waals surface area contributed by atoms with E-state index in [2.05, 4.69) is 20.8 Å². The number of hydrazone groups is 1. The number of hydrogen-bond acceptors (Lipinski definition) is 10. The number of nitriles is 1. The van der Waals surface area contributed by atoms with E-state index in [1.54, 1.807) is 6.07 Å². The Morgan fingerprint density at radius 1 is 0.931 bits per heavy atom. The van der Waals surface area contributed by atoms with Crippen molar-refractivity contribution >= 4 is 37.4 Å². The Bertz CT molecular complexity index is 1260. The zero-order valence-corrected chi connectivity index (χ0v) is 15.6. The van der Waals surface area contributed by atoms with Crippen molar-refractivity contribution in [3.05, 3.63) is 36.4 Å². The number of rotatable bonds is 5. The summed E-state index contributed by atoms with van der Waals surface area (Å²) in [6, 6.07) is 7.01. The van der Waals surface area contributed by atoms with Gasteiger partial charge in [0.25, 0.3) is 26.1 Å². The number of aromatic hydroxyl groups is 2. The highest BCUT2D eigenvalue weighted by atomic mass is 32.2. The number of nitrogens with one attached hydrogen (secondary N) is 1. The summed E-state index contributed by atoms with van der Waals surface area (Å²) in [5, 5.41) is 38.9. The summed E-state index contributed by atoms with van der Waals surface area (Å²) < 4.78 is 61.7. The third-order valence-electron chi connectivity index (χ3n) is 3.15. The molecule has 0 saturated heterocycles. The van der Waals surface area contributed by atoms with E-state index in [1.165, 1.54) is 0 Å². The van der Waals surface area contributed by atoms with Gasteiger partial charge < -0.3 is 10.2 Å². The van der Waals surface area contributed by atoms with Gasteiger partial charge in [-0.05, 0) is 24.3 Å². The lowest BCUT2D eigenvalue weighted by Crippen LogP contribution is -2.00. The summed E-state index contributed by atoms with van der Waals surface area (Å²) in [6.07, 6.45) is 0. The minimum Gasteiger partial charge on any atom is -0.506 e. The Labute approximate surface area is 163 Å². The largest absolute Gasteiger partial charge is 0.506 e. The van der Waals surface area contributed by atoms with Gasteiger partial charge in [-0.15, -0.1) is 15.3 Å². The summed E-state index contributed by atoms with van der Waals surface area (Å²) >= 11 is 0. The van der Waals surface area contributed by atoms with E-state index in [4.69, 9.17) is 14.4 Å². The van der Waals surface area contributed by atoms with Crippen LogP contribution in [0.3, 0.4) is 0 Å². The van der Waals surface area contributed by atoms with Crippen molar-refractivity contribution in [2.24, 2.45) is 15.3 Å². The van der Waals surface area contributed by atoms with Crippen LogP contribution >= 0.6 is 0 Å². The molecule has 2 rings (SSSR count). The van der Waals surface area contributed by atoms with Gasteiger partial charge in [-0.1, -0.05) is 0 Å². The second kappa shape index (κ2) is 8.20. The number of phenols is 2. The van der Waals surface area contributed by atoms with Crippen LogP contribution in [0.5, 0.6) is 11.5 Å². The van der Waals surface area contributed by atoms with E-state index >= 15 is 0 Å². The molecule has 0 radical (unpaired) electrons. The third-order valence-corrected chi connectivity index (χ3v) is 4.85. The number of benzene rings is 2. The van der Waals surface area contributed by atoms with Crippen LogP contribution in [0.2, 0.25) is 0 Å². The molecule has 2 aromatic carbocycles. The first-order valence-electron chi connectivity index (χ1n) is 7.18. The molecule has 0 spiro atoms. The molecule has 0 heterocycles. The van der Waals surface area contributed by atoms with Crippen molar-refractivity contribution in [3.8, 4) is 17.6 Å². The second-order valence-corrected chi connectivity index (χ2v) is 7.98. The fourth-order valence-electron chi connectivity index (χ4n) is 1.80. The third kappa shape index (κ3) is 5.70. The summed E-state index contributed by atoms with van der Waals surface area (Å²) in [4.78, 5) is -1.14. The van der Waals surface area contributed by atoms with Crippen molar-refractivity contribution < 1.29 is 36.2 Å². The average molecular weight is 441 g/mol. The maximum absolute atomic E-state index is 11.0. The summed E-state index contributed by atoms with van der Waals surface area (Å²) in [5.41, 5.74) is 1.87. The summed E-state index contributed by atoms with van der Waals surface area (Å²) in [7, 11) is -9.05. The predicted octanol–water partition coefficient (Wildman–Crippen LogP) is 1.62. The number of nitrogens with zero attached hydrogens (tertiary/aromatic N) is 4. The maximum atomic E-state index is 11.0. The van der Waals surface area contributed by atoms with E-state index in [9.17, 15) is 27.0 Å². The molecule has 13 nitrogen and oxygen atoms in total. The number of amidine groups is 1. The highest BCUT2D eigenvalue weighted by Crippen LogP contribution is 2.29. The van der Waals surface area contributed by atoms with Gasteiger partial charge in [-0.3, -0.25) is 14.5 Å². The average Bonchev–Trinajstić information content (AvgIpc) is 2.62. The van der Waals surface area contributed by atoms with Gasteiger partial charge in [0.1, 0.15) is 23.3 Å². The molecular formula is C14H11N5O8S2. The van der Waals surface area contributed by atoms with Gasteiger partial charge in [-0.2, -0.15) is 22.1 Å². The molecule has 0 atom stereocenters. The van der Waals surface area contributed by atoms with Gasteiger partial charge in [0.15, 0.2) is 0 Å². The second-order valence-electron chi connectivity index (χ2n) is 5.14. The highest BCUT2D eigenvalue weighted by molar-refractivity contribution is 7.86. The number of azo groups is 1. The van der Waals surface area contributed by atoms with Crippen molar-refractivity contribution in [3.63, 3.8) is 0 Å². The van der Waals surface area contributed by atoms with Crippen LogP contribution in [0.4, 0.5) is 11.4 Å². The van der Waals surface area contributed by atoms with Crippen LogP contribution < -0.4 is 5.43 Å². The minimum atomic E-state index is -4.53. The normalized spacial score (nSPS) is 12.7. The SMILES string of the molecule is N#C/C(N=Nc1ccc(S(=O)(=O)O)cc1O)=N/Nc1ccc(S(=O)(=O)O)cc1O. The van der Waals surface area contributed by atoms with Crippen molar-refractivity contribution in [2.75, 3.05) is 5.43 Å². The molecule has 0 aromatic heterocycles. The van der Waals surface area contributed by atoms with Gasteiger partial charge in [0, 0.05) is 12.1 Å². The van der Waals surface area contributed by atoms with Gasteiger partial charge in [0.2, 0.25) is 0 Å². The Kier molecular flexibility index (Phi) is 6.14. The van der Waals surface area contributed by atoms with E-state index < -0.39 is 47.4 Å². The van der Waals surface area contributed by atoms with Crippen LogP contribution in [0.15, 0.2) is 61.5 Å². The number of phenolic OH excluding ortho intramolecular Hbond substituents is 2. The molecule has 0 unspecified atom stereocenters. The van der Waals surface area contributed by atoms with Crippen LogP contribution in [0.1, 0.15) is 0 Å². The zero-order valence-electron chi connectivity index (χ0n) is 14.0. The van der Waals surface area contributed by atoms with Gasteiger partial charge >= 0.3 is 0 Å². The minimum absolute atomic E-state index is 0.124. The molecule has 2 aromatic rings. The molecule has 5 N–H and O–H groups in total. The Balaban J connectivity index is 2.23. The number of hydrogen-bond donors (Lipinski definition) is 5. The fourth-order valence-corrected chi connectivity index (χ4v) is 2.80. The van der Waals surface area contributed by atoms with E-state index in [0.29, 0.717) is 0 Å². The highest BCUT2D eigenvalue weighted by Gasteiger charge is 2.13. The molecule has 0 fully saturated rings. The summed E-state index contributed by atoms with van der Waals surface area (Å²) in [6.45, 7) is 0. The van der Waals surface area contributed by atoms with Crippen LogP contribution in [-0.4, -0.2) is 42.0 Å². The first-order valence-corrected chi connectivity index (χ1v) is 10.1. The first-order chi connectivity index (χ1) is 13.4. The monoisotopic (exact) mass is 441 g/mol. The molecule has 0 saturated carbocycles. The topological polar surface area (TPSA) is 222 Å². The van der Waals surface area contributed by atoms with E-state index in [1.807, 2.05) is 0 Å². The standard InChI is InChI=1S/C14H11N5O8S2/c15-7-14(18-16-10-3-1-8(5-12(10)20)28(22,23)24)19-17-11-4-2-9(6-13(11)21)29(25,26)27/h1-6,16,20-21H,(H,22,23,24)(H,25,26,27)/b18-14-,19-17?. The Hall–Kier alpha value is -3.58. The Morgan fingerprint density at radius 2 is 1.48 bits per heavy atom. The molecular weight excluding hydrogens is 430 g/mol. The van der Waals surface area contributed by atoms with Crippen molar-refractivity contribution in [2.45, 2.75) is 9.79 Å². The fraction of sp³-hybridized carbons (Fsp3) is 0. The molecule has 152 valence electrons. The predicted molar refractivity (Wildman–Crippen MR) is 97.0 cm³/mol. The Morgan fingerprint density at radius 3 is 1.97 bits per heavy atom. The van der Waals surface area contributed by atoms with E-state index in [-0.39, 0.29) is 11.4 Å². The molecule has 15 heteroatoms. The lowest BCUT2D eigenvalue weighted by atomic mass is 10.3. The first kappa shape index (κ1) is 21.7. The molecule has 0 aliphatic rings. The lowest BCUT2D eigenvalue weighted by Gasteiger charge is -2.05. The maximum Gasteiger partial charge on any atom is 0.294 e. The summed E-state index contributed by atoms with van der Waals surface area (Å²) in [5.74, 6) is -1.83. The molecule has 0 amide bonds. The smallest absolute Gasteiger partial charge is 0.294 e. The zero-order chi connectivity index (χ0) is 21.8. The van der Waals surface area contributed by atoms with Gasteiger partial charge in [-0.25, -0.2) is 0 Å². The number of anilines is 1. The van der Waals surface area contributed by atoms with Crippen LogP contribution in [-0.2, 0) is 20.2 Å². The molecule has 0 aliphatic carbocycles. The quantitative estimate of drug-likeness (QED) is 0.113. The lowest BCUT2D eigenvalue weighted by molar-refractivity contribution is 0.467. The van der Waals surface area contributed by atoms with E-state index in [0.717, 1.165) is 36.4 Å². The van der Waals surface area contributed by atoms with Crippen molar-refractivity contribution in [1.82, 2.24) is 0 Å². The molecule has 29 heavy (non-hydrogen) atoms.